The standard InChI is InChI=1S/C23H26F2N8O2.ClH/c1-15-16(13-28-33(15)21-12-20(27-14-22(34)35)29-23(26)30-21)3-2-4-31-5-7-32(8-6-31)19-10-17(24)9-18(25)11-19;/h2-3,9-13H,4-8,14H2,1H3,(H,34,35)(H3,26,27,29,30);1H. The Morgan fingerprint density at radius 2 is 1.83 bits per heavy atom. The minimum absolute atomic E-state index is 0. The van der Waals surface area contributed by atoms with E-state index >= 15 is 0 Å². The van der Waals surface area contributed by atoms with Crippen molar-refractivity contribution in [2.24, 2.45) is 0 Å². The molecule has 3 aromatic rings. The lowest BCUT2D eigenvalue weighted by Gasteiger charge is -2.35. The fourth-order valence-corrected chi connectivity index (χ4v) is 3.87. The first kappa shape index (κ1) is 26.8. The van der Waals surface area contributed by atoms with Crippen LogP contribution in [0.15, 0.2) is 36.5 Å². The predicted molar refractivity (Wildman–Crippen MR) is 136 cm³/mol. The number of anilines is 3. The highest BCUT2D eigenvalue weighted by Gasteiger charge is 2.17. The quantitative estimate of drug-likeness (QED) is 0.411. The van der Waals surface area contributed by atoms with E-state index in [4.69, 9.17) is 10.8 Å². The maximum atomic E-state index is 13.5. The van der Waals surface area contributed by atoms with Gasteiger partial charge in [-0.15, -0.1) is 12.4 Å². The number of nitrogens with zero attached hydrogens (tertiary/aromatic N) is 6. The number of carboxylic acids is 1. The Hall–Kier alpha value is -3.77. The van der Waals surface area contributed by atoms with Crippen molar-refractivity contribution < 1.29 is 18.7 Å². The van der Waals surface area contributed by atoms with Gasteiger partial charge in [0.15, 0.2) is 5.82 Å². The van der Waals surface area contributed by atoms with Crippen LogP contribution in [0.3, 0.4) is 0 Å². The number of benzene rings is 1. The highest BCUT2D eigenvalue weighted by Crippen LogP contribution is 2.20. The third kappa shape index (κ3) is 6.67. The summed E-state index contributed by atoms with van der Waals surface area (Å²) >= 11 is 0. The zero-order valence-electron chi connectivity index (χ0n) is 19.6. The van der Waals surface area contributed by atoms with Crippen LogP contribution in [0.2, 0.25) is 0 Å². The molecule has 4 N–H and O–H groups in total. The second-order valence-electron chi connectivity index (χ2n) is 8.13. The maximum absolute atomic E-state index is 13.5. The van der Waals surface area contributed by atoms with E-state index in [0.717, 1.165) is 37.0 Å². The summed E-state index contributed by atoms with van der Waals surface area (Å²) in [7, 11) is 0. The number of carbonyl (C=O) groups is 1. The third-order valence-electron chi connectivity index (χ3n) is 5.66. The number of nitrogens with two attached hydrogens (primary N) is 1. The Morgan fingerprint density at radius 1 is 1.14 bits per heavy atom. The van der Waals surface area contributed by atoms with E-state index in [2.05, 4.69) is 25.3 Å². The lowest BCUT2D eigenvalue weighted by atomic mass is 10.2. The van der Waals surface area contributed by atoms with Crippen LogP contribution < -0.4 is 16.0 Å². The Morgan fingerprint density at radius 3 is 2.50 bits per heavy atom. The summed E-state index contributed by atoms with van der Waals surface area (Å²) in [4.78, 5) is 23.2. The second-order valence-corrected chi connectivity index (χ2v) is 8.13. The van der Waals surface area contributed by atoms with Crippen LogP contribution in [0.1, 0.15) is 11.3 Å². The normalized spacial score (nSPS) is 14.1. The lowest BCUT2D eigenvalue weighted by molar-refractivity contribution is -0.134. The molecule has 192 valence electrons. The van der Waals surface area contributed by atoms with Crippen molar-refractivity contribution in [3.05, 3.63) is 59.4 Å². The molecule has 3 heterocycles. The van der Waals surface area contributed by atoms with Crippen molar-refractivity contribution in [3.8, 4) is 5.82 Å². The van der Waals surface area contributed by atoms with Crippen molar-refractivity contribution in [3.63, 3.8) is 0 Å². The van der Waals surface area contributed by atoms with Crippen LogP contribution in [-0.4, -0.2) is 75.0 Å². The van der Waals surface area contributed by atoms with Crippen molar-refractivity contribution in [1.82, 2.24) is 24.6 Å². The molecule has 4 rings (SSSR count). The molecular formula is C23H27ClF2N8O2. The number of aliphatic carboxylic acids is 1. The topological polar surface area (TPSA) is 125 Å². The highest BCUT2D eigenvalue weighted by molar-refractivity contribution is 5.85. The minimum Gasteiger partial charge on any atom is -0.480 e. The van der Waals surface area contributed by atoms with Gasteiger partial charge in [-0.25, -0.2) is 13.5 Å². The SMILES string of the molecule is Cc1c(C=CCN2CCN(c3cc(F)cc(F)c3)CC2)cnn1-c1cc(NCC(=O)O)nc(N)n1.Cl. The molecule has 13 heteroatoms. The summed E-state index contributed by atoms with van der Waals surface area (Å²) < 4.78 is 28.6. The number of halogens is 3. The van der Waals surface area contributed by atoms with E-state index < -0.39 is 17.6 Å². The van der Waals surface area contributed by atoms with Crippen molar-refractivity contribution in [2.75, 3.05) is 55.2 Å². The molecule has 0 amide bonds. The zero-order valence-corrected chi connectivity index (χ0v) is 20.4. The van der Waals surface area contributed by atoms with Crippen LogP contribution in [0.5, 0.6) is 0 Å². The van der Waals surface area contributed by atoms with Gasteiger partial charge in [0.1, 0.15) is 24.0 Å². The number of nitrogens with one attached hydrogen (secondary N) is 1. The lowest BCUT2D eigenvalue weighted by Crippen LogP contribution is -2.46. The van der Waals surface area contributed by atoms with Crippen molar-refractivity contribution >= 4 is 41.9 Å². The monoisotopic (exact) mass is 520 g/mol. The number of piperazine rings is 1. The fraction of sp³-hybridized carbons (Fsp3) is 0.304. The molecule has 0 radical (unpaired) electrons. The van der Waals surface area contributed by atoms with Crippen LogP contribution in [0, 0.1) is 18.6 Å². The fourth-order valence-electron chi connectivity index (χ4n) is 3.87. The highest BCUT2D eigenvalue weighted by atomic mass is 35.5. The molecule has 1 saturated heterocycles. The molecule has 36 heavy (non-hydrogen) atoms. The summed E-state index contributed by atoms with van der Waals surface area (Å²) in [5, 5.41) is 15.9. The average molecular weight is 521 g/mol. The minimum atomic E-state index is -1.02. The summed E-state index contributed by atoms with van der Waals surface area (Å²) in [6.45, 7) is 5.23. The summed E-state index contributed by atoms with van der Waals surface area (Å²) in [6.07, 6.45) is 5.73. The Bertz CT molecular complexity index is 1220. The van der Waals surface area contributed by atoms with Crippen LogP contribution in [0.4, 0.5) is 26.2 Å². The van der Waals surface area contributed by atoms with Gasteiger partial charge in [-0.05, 0) is 19.1 Å². The van der Waals surface area contributed by atoms with E-state index in [1.165, 1.54) is 12.1 Å². The molecule has 0 aliphatic carbocycles. The molecule has 1 aliphatic rings. The van der Waals surface area contributed by atoms with E-state index in [-0.39, 0.29) is 24.9 Å². The number of hydrogen-bond donors (Lipinski definition) is 3. The van der Waals surface area contributed by atoms with Gasteiger partial charge in [-0.3, -0.25) is 9.69 Å². The Kier molecular flexibility index (Phi) is 8.78. The van der Waals surface area contributed by atoms with Gasteiger partial charge in [0, 0.05) is 56.1 Å². The number of rotatable bonds is 8. The van der Waals surface area contributed by atoms with E-state index in [1.807, 2.05) is 24.0 Å². The molecule has 0 saturated carbocycles. The molecule has 2 aromatic heterocycles. The van der Waals surface area contributed by atoms with Gasteiger partial charge in [0.25, 0.3) is 0 Å². The molecule has 0 bridgehead atoms. The first-order valence-electron chi connectivity index (χ1n) is 11.0. The second kappa shape index (κ2) is 11.8. The Balaban J connectivity index is 0.00000361. The Labute approximate surface area is 212 Å². The zero-order chi connectivity index (χ0) is 24.9. The van der Waals surface area contributed by atoms with Crippen molar-refractivity contribution in [2.45, 2.75) is 6.92 Å². The average Bonchev–Trinajstić information content (AvgIpc) is 3.17. The number of hydrogen-bond acceptors (Lipinski definition) is 8. The summed E-state index contributed by atoms with van der Waals surface area (Å²) in [5.41, 5.74) is 8.07. The maximum Gasteiger partial charge on any atom is 0.322 e. The molecular weight excluding hydrogens is 494 g/mol. The molecule has 10 nitrogen and oxygen atoms in total. The summed E-state index contributed by atoms with van der Waals surface area (Å²) in [5.74, 6) is -1.44. The van der Waals surface area contributed by atoms with Gasteiger partial charge in [-0.2, -0.15) is 15.1 Å². The summed E-state index contributed by atoms with van der Waals surface area (Å²) in [6, 6.07) is 5.17. The first-order valence-corrected chi connectivity index (χ1v) is 11.0. The van der Waals surface area contributed by atoms with Crippen LogP contribution >= 0.6 is 12.4 Å². The predicted octanol–water partition coefficient (Wildman–Crippen LogP) is 2.58. The van der Waals surface area contributed by atoms with E-state index in [1.54, 1.807) is 16.9 Å². The largest absolute Gasteiger partial charge is 0.480 e. The van der Waals surface area contributed by atoms with E-state index in [9.17, 15) is 13.6 Å². The number of nitrogen functional groups attached to an aromatic ring is 1. The molecule has 0 atom stereocenters. The molecule has 0 spiro atoms. The van der Waals surface area contributed by atoms with Gasteiger partial charge in [0.2, 0.25) is 5.95 Å². The smallest absolute Gasteiger partial charge is 0.322 e. The number of aromatic nitrogens is 4. The molecule has 1 aromatic carbocycles. The van der Waals surface area contributed by atoms with Crippen LogP contribution in [0.25, 0.3) is 11.9 Å². The van der Waals surface area contributed by atoms with Crippen molar-refractivity contribution in [1.29, 1.82) is 0 Å². The van der Waals surface area contributed by atoms with Gasteiger partial charge in [-0.1, -0.05) is 12.2 Å². The first-order chi connectivity index (χ1) is 16.8. The van der Waals surface area contributed by atoms with Crippen LogP contribution in [-0.2, 0) is 4.79 Å². The van der Waals surface area contributed by atoms with Gasteiger partial charge >= 0.3 is 5.97 Å². The third-order valence-corrected chi connectivity index (χ3v) is 5.66. The van der Waals surface area contributed by atoms with Gasteiger partial charge in [0.05, 0.1) is 11.9 Å². The van der Waals surface area contributed by atoms with Gasteiger partial charge < -0.3 is 21.1 Å². The molecule has 1 fully saturated rings. The molecule has 1 aliphatic heterocycles. The van der Waals surface area contributed by atoms with E-state index in [0.29, 0.717) is 30.4 Å². The molecule has 0 unspecified atom stereocenters. The number of carboxylic acid groups (broad SMARTS) is 1.